The van der Waals surface area contributed by atoms with E-state index in [9.17, 15) is 19.7 Å². The zero-order chi connectivity index (χ0) is 25.4. The molecule has 0 unspecified atom stereocenters. The van der Waals surface area contributed by atoms with Gasteiger partial charge in [0.25, 0.3) is 17.2 Å². The number of carbonyl (C=O) groups excluding carboxylic acids is 1. The second-order valence-corrected chi connectivity index (χ2v) is 9.21. The van der Waals surface area contributed by atoms with Gasteiger partial charge >= 0.3 is 0 Å². The van der Waals surface area contributed by atoms with Gasteiger partial charge < -0.3 is 9.73 Å². The Labute approximate surface area is 208 Å². The number of para-hydroxylation sites is 1. The summed E-state index contributed by atoms with van der Waals surface area (Å²) >= 11 is 1.18. The highest BCUT2D eigenvalue weighted by Gasteiger charge is 2.34. The molecular weight excluding hydrogens is 480 g/mol. The molecule has 3 heterocycles. The summed E-state index contributed by atoms with van der Waals surface area (Å²) in [6, 6.07) is 17.7. The predicted molar refractivity (Wildman–Crippen MR) is 135 cm³/mol. The fourth-order valence-corrected chi connectivity index (χ4v) is 5.09. The minimum atomic E-state index is -0.808. The number of non-ortho nitro benzene ring substituents is 1. The lowest BCUT2D eigenvalue weighted by Gasteiger charge is -2.23. The summed E-state index contributed by atoms with van der Waals surface area (Å²) in [6.45, 7) is 3.53. The number of carbonyl (C=O) groups is 1. The molecule has 1 atom stereocenters. The number of rotatable bonds is 5. The minimum Gasteiger partial charge on any atom is -0.464 e. The number of nitrogens with zero attached hydrogens (tertiary/aromatic N) is 3. The molecule has 1 aliphatic rings. The highest BCUT2D eigenvalue weighted by Crippen LogP contribution is 2.31. The zero-order valence-corrected chi connectivity index (χ0v) is 20.1. The molecule has 5 rings (SSSR count). The molecule has 1 amide bonds. The van der Waals surface area contributed by atoms with Gasteiger partial charge in [0.05, 0.1) is 20.7 Å². The number of fused-ring (bicyclic) bond motifs is 1. The fraction of sp³-hybridized carbons (Fsp3) is 0.115. The zero-order valence-electron chi connectivity index (χ0n) is 19.3. The van der Waals surface area contributed by atoms with E-state index in [1.807, 2.05) is 18.2 Å². The maximum atomic E-state index is 13.6. The Morgan fingerprint density at radius 3 is 2.47 bits per heavy atom. The van der Waals surface area contributed by atoms with Crippen molar-refractivity contribution in [2.24, 2.45) is 4.99 Å². The van der Waals surface area contributed by atoms with Crippen molar-refractivity contribution in [2.45, 2.75) is 19.9 Å². The van der Waals surface area contributed by atoms with E-state index in [0.29, 0.717) is 43.4 Å². The molecular formula is C26H20N4O5S. The lowest BCUT2D eigenvalue weighted by Crippen LogP contribution is -2.40. The molecule has 1 aliphatic heterocycles. The smallest absolute Gasteiger partial charge is 0.271 e. The average molecular weight is 501 g/mol. The van der Waals surface area contributed by atoms with Crippen LogP contribution in [0.15, 0.2) is 92.2 Å². The molecule has 9 nitrogen and oxygen atoms in total. The summed E-state index contributed by atoms with van der Waals surface area (Å²) in [5.74, 6) is 0.713. The number of hydrogen-bond donors (Lipinski definition) is 1. The van der Waals surface area contributed by atoms with Crippen LogP contribution in [0.3, 0.4) is 0 Å². The number of benzene rings is 2. The summed E-state index contributed by atoms with van der Waals surface area (Å²) in [7, 11) is 0. The van der Waals surface area contributed by atoms with Crippen LogP contribution in [0, 0.1) is 17.0 Å². The Hall–Kier alpha value is -4.57. The number of aromatic nitrogens is 1. The van der Waals surface area contributed by atoms with Crippen LogP contribution in [-0.4, -0.2) is 15.4 Å². The SMILES string of the molecule is CC1=C(C(=O)Nc2ccccc2)[C@H](c2ccc(C)o2)n2c(s/c(=C/c3ccc([N+](=O)[O-])cc3)c2=O)=N1. The highest BCUT2D eigenvalue weighted by atomic mass is 32.1. The third kappa shape index (κ3) is 4.29. The number of thiazole rings is 1. The summed E-state index contributed by atoms with van der Waals surface area (Å²) in [4.78, 5) is 42.5. The van der Waals surface area contributed by atoms with Crippen LogP contribution in [0.1, 0.15) is 30.0 Å². The number of nitrogens with one attached hydrogen (secondary N) is 1. The molecule has 0 spiro atoms. The maximum absolute atomic E-state index is 13.6. The van der Waals surface area contributed by atoms with E-state index >= 15 is 0 Å². The Morgan fingerprint density at radius 2 is 1.83 bits per heavy atom. The van der Waals surface area contributed by atoms with Crippen molar-refractivity contribution >= 4 is 34.7 Å². The first-order valence-electron chi connectivity index (χ1n) is 11.0. The fourth-order valence-electron chi connectivity index (χ4n) is 4.04. The molecule has 4 aromatic rings. The second-order valence-electron chi connectivity index (χ2n) is 8.20. The van der Waals surface area contributed by atoms with Crippen molar-refractivity contribution < 1.29 is 14.1 Å². The van der Waals surface area contributed by atoms with E-state index < -0.39 is 11.0 Å². The number of aryl methyl sites for hydroxylation is 1. The lowest BCUT2D eigenvalue weighted by atomic mass is 10.00. The molecule has 2 aromatic carbocycles. The summed E-state index contributed by atoms with van der Waals surface area (Å²) in [5.41, 5.74) is 1.66. The normalized spacial score (nSPS) is 15.4. The van der Waals surface area contributed by atoms with Crippen molar-refractivity contribution in [1.29, 1.82) is 0 Å². The third-order valence-electron chi connectivity index (χ3n) is 5.73. The van der Waals surface area contributed by atoms with Gasteiger partial charge in [-0.05, 0) is 61.9 Å². The van der Waals surface area contributed by atoms with Gasteiger partial charge in [-0.15, -0.1) is 0 Å². The number of furan rings is 1. The van der Waals surface area contributed by atoms with E-state index in [1.54, 1.807) is 56.3 Å². The summed E-state index contributed by atoms with van der Waals surface area (Å²) < 4.78 is 7.74. The summed E-state index contributed by atoms with van der Waals surface area (Å²) in [5, 5.41) is 13.8. The van der Waals surface area contributed by atoms with Crippen LogP contribution in [0.5, 0.6) is 0 Å². The van der Waals surface area contributed by atoms with Gasteiger partial charge in [-0.3, -0.25) is 24.3 Å². The van der Waals surface area contributed by atoms with Gasteiger partial charge in [0.2, 0.25) is 0 Å². The van der Waals surface area contributed by atoms with Gasteiger partial charge in [-0.2, -0.15) is 0 Å². The molecule has 1 N–H and O–H groups in total. The van der Waals surface area contributed by atoms with Crippen molar-refractivity contribution in [3.05, 3.63) is 125 Å². The van der Waals surface area contributed by atoms with E-state index in [1.165, 1.54) is 28.0 Å². The van der Waals surface area contributed by atoms with Crippen LogP contribution < -0.4 is 20.2 Å². The number of hydrogen-bond acceptors (Lipinski definition) is 7. The van der Waals surface area contributed by atoms with E-state index in [2.05, 4.69) is 10.3 Å². The first-order valence-corrected chi connectivity index (χ1v) is 11.8. The Bertz CT molecular complexity index is 1700. The van der Waals surface area contributed by atoms with Crippen LogP contribution in [0.25, 0.3) is 6.08 Å². The van der Waals surface area contributed by atoms with Crippen molar-refractivity contribution in [2.75, 3.05) is 5.32 Å². The van der Waals surface area contributed by atoms with Crippen LogP contribution >= 0.6 is 11.3 Å². The summed E-state index contributed by atoms with van der Waals surface area (Å²) in [6.07, 6.45) is 1.65. The molecule has 0 fully saturated rings. The molecule has 36 heavy (non-hydrogen) atoms. The lowest BCUT2D eigenvalue weighted by molar-refractivity contribution is -0.384. The maximum Gasteiger partial charge on any atom is 0.271 e. The van der Waals surface area contributed by atoms with Crippen LogP contribution in [-0.2, 0) is 4.79 Å². The molecule has 0 saturated carbocycles. The van der Waals surface area contributed by atoms with Gasteiger partial charge in [-0.1, -0.05) is 29.5 Å². The van der Waals surface area contributed by atoms with Gasteiger partial charge in [0, 0.05) is 17.8 Å². The van der Waals surface area contributed by atoms with E-state index in [-0.39, 0.29) is 17.2 Å². The number of nitro groups is 1. The molecule has 180 valence electrons. The average Bonchev–Trinajstić information content (AvgIpc) is 3.42. The van der Waals surface area contributed by atoms with Gasteiger partial charge in [-0.25, -0.2) is 4.99 Å². The van der Waals surface area contributed by atoms with Crippen molar-refractivity contribution in [3.63, 3.8) is 0 Å². The highest BCUT2D eigenvalue weighted by molar-refractivity contribution is 7.07. The molecule has 2 aromatic heterocycles. The van der Waals surface area contributed by atoms with Gasteiger partial charge in [0.1, 0.15) is 17.6 Å². The van der Waals surface area contributed by atoms with E-state index in [4.69, 9.17) is 4.42 Å². The van der Waals surface area contributed by atoms with Crippen LogP contribution in [0.2, 0.25) is 0 Å². The molecule has 10 heteroatoms. The molecule has 0 bridgehead atoms. The van der Waals surface area contributed by atoms with E-state index in [0.717, 1.165) is 0 Å². The molecule has 0 saturated heterocycles. The molecule has 0 radical (unpaired) electrons. The number of anilines is 1. The minimum absolute atomic E-state index is 0.0357. The number of amides is 1. The number of nitro benzene ring substituents is 1. The predicted octanol–water partition coefficient (Wildman–Crippen LogP) is 3.68. The quantitative estimate of drug-likeness (QED) is 0.331. The van der Waals surface area contributed by atoms with Crippen LogP contribution in [0.4, 0.5) is 11.4 Å². The largest absolute Gasteiger partial charge is 0.464 e. The Morgan fingerprint density at radius 1 is 1.11 bits per heavy atom. The standard InChI is InChI=1S/C26H20N4O5S/c1-15-8-13-20(35-15)23-22(24(31)28-18-6-4-3-5-7-18)16(2)27-26-29(23)25(32)21(36-26)14-17-9-11-19(12-10-17)30(33)34/h3-14,23H,1-2H3,(H,28,31)/b21-14+/t23-/m0/s1. The number of allylic oxidation sites excluding steroid dienone is 1. The Kier molecular flexibility index (Phi) is 5.95. The third-order valence-corrected chi connectivity index (χ3v) is 6.71. The van der Waals surface area contributed by atoms with Crippen molar-refractivity contribution in [3.8, 4) is 0 Å². The first kappa shape index (κ1) is 23.2. The Balaban J connectivity index is 1.63. The van der Waals surface area contributed by atoms with Crippen molar-refractivity contribution in [1.82, 2.24) is 4.57 Å². The second kappa shape index (κ2) is 9.23. The van der Waals surface area contributed by atoms with Gasteiger partial charge in [0.15, 0.2) is 4.80 Å². The molecule has 0 aliphatic carbocycles. The first-order chi connectivity index (χ1) is 17.3. The monoisotopic (exact) mass is 500 g/mol. The topological polar surface area (TPSA) is 120 Å².